The molecule has 2 nitrogen and oxygen atoms in total. The standard InChI is InChI=1S/C12H13NO/c1-8(2)12(14)11-7-9-5-3-4-6-10(9)13-11/h3-6,8H,7H2,1-2H3. The molecular weight excluding hydrogens is 174 g/mol. The first-order valence-corrected chi connectivity index (χ1v) is 4.88. The highest BCUT2D eigenvalue weighted by atomic mass is 16.1. The molecular formula is C12H13NO. The van der Waals surface area contributed by atoms with E-state index in [0.717, 1.165) is 11.3 Å². The van der Waals surface area contributed by atoms with Crippen molar-refractivity contribution in [2.45, 2.75) is 20.3 Å². The van der Waals surface area contributed by atoms with E-state index in [0.29, 0.717) is 12.1 Å². The Balaban J connectivity index is 2.28. The molecule has 0 spiro atoms. The number of hydrogen-bond donors (Lipinski definition) is 0. The summed E-state index contributed by atoms with van der Waals surface area (Å²) < 4.78 is 0. The summed E-state index contributed by atoms with van der Waals surface area (Å²) in [7, 11) is 0. The van der Waals surface area contributed by atoms with Crippen LogP contribution in [0.4, 0.5) is 5.69 Å². The lowest BCUT2D eigenvalue weighted by molar-refractivity contribution is -0.115. The SMILES string of the molecule is CC(C)C(=O)C1=Nc2ccccc2C1. The molecule has 0 saturated carbocycles. The van der Waals surface area contributed by atoms with E-state index in [2.05, 4.69) is 4.99 Å². The molecule has 0 unspecified atom stereocenters. The third kappa shape index (κ3) is 1.48. The van der Waals surface area contributed by atoms with Crippen molar-refractivity contribution in [3.8, 4) is 0 Å². The van der Waals surface area contributed by atoms with Crippen LogP contribution in [-0.4, -0.2) is 11.5 Å². The number of aliphatic imine (C=N–C) groups is 1. The molecule has 1 aromatic carbocycles. The van der Waals surface area contributed by atoms with Crippen LogP contribution in [-0.2, 0) is 11.2 Å². The largest absolute Gasteiger partial charge is 0.293 e. The van der Waals surface area contributed by atoms with E-state index in [-0.39, 0.29) is 11.7 Å². The lowest BCUT2D eigenvalue weighted by atomic mass is 10.0. The molecule has 0 aliphatic carbocycles. The van der Waals surface area contributed by atoms with Gasteiger partial charge in [-0.1, -0.05) is 32.0 Å². The predicted octanol–water partition coefficient (Wildman–Crippen LogP) is 2.54. The Morgan fingerprint density at radius 2 is 2.07 bits per heavy atom. The van der Waals surface area contributed by atoms with E-state index >= 15 is 0 Å². The normalized spacial score (nSPS) is 14.1. The molecule has 0 fully saturated rings. The van der Waals surface area contributed by atoms with Crippen LogP contribution in [0.3, 0.4) is 0 Å². The summed E-state index contributed by atoms with van der Waals surface area (Å²) in [6, 6.07) is 7.91. The van der Waals surface area contributed by atoms with Crippen molar-refractivity contribution in [2.24, 2.45) is 10.9 Å². The Morgan fingerprint density at radius 1 is 1.36 bits per heavy atom. The zero-order valence-corrected chi connectivity index (χ0v) is 8.45. The van der Waals surface area contributed by atoms with Gasteiger partial charge in [-0.2, -0.15) is 0 Å². The first-order chi connectivity index (χ1) is 6.68. The molecule has 2 rings (SSSR count). The maximum Gasteiger partial charge on any atom is 0.179 e. The Labute approximate surface area is 83.7 Å². The molecule has 1 aromatic rings. The zero-order chi connectivity index (χ0) is 10.1. The molecule has 0 atom stereocenters. The number of fused-ring (bicyclic) bond motifs is 1. The average Bonchev–Trinajstić information content (AvgIpc) is 2.59. The minimum Gasteiger partial charge on any atom is -0.293 e. The number of carbonyl (C=O) groups excluding carboxylic acids is 1. The van der Waals surface area contributed by atoms with Gasteiger partial charge in [-0.05, 0) is 11.6 Å². The van der Waals surface area contributed by atoms with Gasteiger partial charge in [0.15, 0.2) is 5.78 Å². The smallest absolute Gasteiger partial charge is 0.179 e. The van der Waals surface area contributed by atoms with E-state index in [1.807, 2.05) is 38.1 Å². The monoisotopic (exact) mass is 187 g/mol. The second kappa shape index (κ2) is 3.37. The Hall–Kier alpha value is -1.44. The van der Waals surface area contributed by atoms with Crippen molar-refractivity contribution < 1.29 is 4.79 Å². The molecule has 0 radical (unpaired) electrons. The van der Waals surface area contributed by atoms with Gasteiger partial charge in [-0.15, -0.1) is 0 Å². The summed E-state index contributed by atoms with van der Waals surface area (Å²) in [5.74, 6) is 0.212. The number of carbonyl (C=O) groups is 1. The van der Waals surface area contributed by atoms with Crippen LogP contribution >= 0.6 is 0 Å². The fourth-order valence-corrected chi connectivity index (χ4v) is 1.61. The highest BCUT2D eigenvalue weighted by Crippen LogP contribution is 2.26. The minimum absolute atomic E-state index is 0.0445. The van der Waals surface area contributed by atoms with E-state index in [9.17, 15) is 4.79 Å². The van der Waals surface area contributed by atoms with Crippen LogP contribution in [0.15, 0.2) is 29.3 Å². The molecule has 0 bridgehead atoms. The lowest BCUT2D eigenvalue weighted by Gasteiger charge is -2.01. The molecule has 0 N–H and O–H groups in total. The van der Waals surface area contributed by atoms with E-state index in [4.69, 9.17) is 0 Å². The molecule has 1 aliphatic rings. The van der Waals surface area contributed by atoms with Gasteiger partial charge in [-0.3, -0.25) is 4.79 Å². The summed E-state index contributed by atoms with van der Waals surface area (Å²) in [4.78, 5) is 16.0. The maximum absolute atomic E-state index is 11.7. The van der Waals surface area contributed by atoms with Crippen LogP contribution in [0.5, 0.6) is 0 Å². The first-order valence-electron chi connectivity index (χ1n) is 4.88. The quantitative estimate of drug-likeness (QED) is 0.699. The van der Waals surface area contributed by atoms with Gasteiger partial charge in [0.2, 0.25) is 0 Å². The summed E-state index contributed by atoms with van der Waals surface area (Å²) in [6.45, 7) is 3.82. The van der Waals surface area contributed by atoms with Gasteiger partial charge in [0.1, 0.15) is 0 Å². The number of para-hydroxylation sites is 1. The van der Waals surface area contributed by atoms with Crippen LogP contribution in [0.2, 0.25) is 0 Å². The molecule has 1 aliphatic heterocycles. The van der Waals surface area contributed by atoms with Gasteiger partial charge in [0, 0.05) is 12.3 Å². The number of hydrogen-bond acceptors (Lipinski definition) is 2. The fourth-order valence-electron chi connectivity index (χ4n) is 1.61. The topological polar surface area (TPSA) is 29.4 Å². The van der Waals surface area contributed by atoms with Crippen LogP contribution in [0, 0.1) is 5.92 Å². The number of rotatable bonds is 2. The molecule has 0 saturated heterocycles. The van der Waals surface area contributed by atoms with Gasteiger partial charge in [-0.25, -0.2) is 4.99 Å². The van der Waals surface area contributed by atoms with Crippen molar-refractivity contribution in [1.82, 2.24) is 0 Å². The molecule has 14 heavy (non-hydrogen) atoms. The minimum atomic E-state index is 0.0445. The van der Waals surface area contributed by atoms with Gasteiger partial charge >= 0.3 is 0 Å². The van der Waals surface area contributed by atoms with Gasteiger partial charge in [0.25, 0.3) is 0 Å². The van der Waals surface area contributed by atoms with Crippen molar-refractivity contribution in [3.63, 3.8) is 0 Å². The third-order valence-corrected chi connectivity index (χ3v) is 2.41. The van der Waals surface area contributed by atoms with Crippen LogP contribution in [0.1, 0.15) is 19.4 Å². The van der Waals surface area contributed by atoms with Gasteiger partial charge < -0.3 is 0 Å². The van der Waals surface area contributed by atoms with E-state index in [1.54, 1.807) is 0 Å². The average molecular weight is 187 g/mol. The molecule has 0 amide bonds. The molecule has 0 aromatic heterocycles. The number of nitrogens with zero attached hydrogens (tertiary/aromatic N) is 1. The van der Waals surface area contributed by atoms with E-state index < -0.39 is 0 Å². The number of ketones is 1. The van der Waals surface area contributed by atoms with Crippen molar-refractivity contribution >= 4 is 17.2 Å². The second-order valence-electron chi connectivity index (χ2n) is 3.88. The third-order valence-electron chi connectivity index (χ3n) is 2.41. The predicted molar refractivity (Wildman–Crippen MR) is 57.1 cm³/mol. The first kappa shape index (κ1) is 9.13. The molecule has 2 heteroatoms. The lowest BCUT2D eigenvalue weighted by Crippen LogP contribution is -2.19. The van der Waals surface area contributed by atoms with E-state index in [1.165, 1.54) is 0 Å². The van der Waals surface area contributed by atoms with Gasteiger partial charge in [0.05, 0.1) is 11.4 Å². The van der Waals surface area contributed by atoms with Crippen molar-refractivity contribution in [3.05, 3.63) is 29.8 Å². The number of Topliss-reactive ketones (excluding diaryl/α,β-unsaturated/α-hetero) is 1. The fraction of sp³-hybridized carbons (Fsp3) is 0.333. The highest BCUT2D eigenvalue weighted by Gasteiger charge is 2.21. The Morgan fingerprint density at radius 3 is 2.71 bits per heavy atom. The summed E-state index contributed by atoms with van der Waals surface area (Å²) in [6.07, 6.45) is 0.702. The molecule has 1 heterocycles. The van der Waals surface area contributed by atoms with Crippen molar-refractivity contribution in [1.29, 1.82) is 0 Å². The summed E-state index contributed by atoms with van der Waals surface area (Å²) in [5, 5.41) is 0. The van der Waals surface area contributed by atoms with Crippen LogP contribution in [0.25, 0.3) is 0 Å². The highest BCUT2D eigenvalue weighted by molar-refractivity contribution is 6.42. The summed E-state index contributed by atoms with van der Waals surface area (Å²) in [5.41, 5.74) is 2.83. The summed E-state index contributed by atoms with van der Waals surface area (Å²) >= 11 is 0. The Bertz CT molecular complexity index is 405. The van der Waals surface area contributed by atoms with Crippen LogP contribution < -0.4 is 0 Å². The Kier molecular flexibility index (Phi) is 2.20. The second-order valence-corrected chi connectivity index (χ2v) is 3.88. The molecule has 72 valence electrons. The zero-order valence-electron chi connectivity index (χ0n) is 8.45. The van der Waals surface area contributed by atoms with Crippen molar-refractivity contribution in [2.75, 3.05) is 0 Å². The number of benzene rings is 1. The maximum atomic E-state index is 11.7.